The van der Waals surface area contributed by atoms with Gasteiger partial charge in [-0.05, 0) is 173 Å². The number of amides is 3. The van der Waals surface area contributed by atoms with Crippen molar-refractivity contribution in [3.63, 3.8) is 0 Å². The second-order valence-electron chi connectivity index (χ2n) is 29.8. The maximum Gasteiger partial charge on any atom is 0.274 e. The van der Waals surface area contributed by atoms with Crippen LogP contribution in [0.25, 0.3) is 16.9 Å². The van der Waals surface area contributed by atoms with E-state index in [2.05, 4.69) is 98.9 Å². The summed E-state index contributed by atoms with van der Waals surface area (Å²) in [5.74, 6) is 2.02. The highest BCUT2D eigenvalue weighted by Gasteiger charge is 2.38. The molecule has 33 nitrogen and oxygen atoms in total. The van der Waals surface area contributed by atoms with Crippen LogP contribution < -0.4 is 64.5 Å². The van der Waals surface area contributed by atoms with Gasteiger partial charge in [-0.1, -0.05) is 0 Å². The molecule has 0 bridgehead atoms. The highest BCUT2D eigenvalue weighted by molar-refractivity contribution is 6.02. The summed E-state index contributed by atoms with van der Waals surface area (Å²) in [6.07, 6.45) is 23.1. The number of nitrogens with zero attached hydrogens (tertiary/aromatic N) is 12. The fourth-order valence-corrected chi connectivity index (χ4v) is 15.0. The maximum absolute atomic E-state index is 13.4. The smallest absolute Gasteiger partial charge is 0.274 e. The van der Waals surface area contributed by atoms with E-state index in [1.165, 1.54) is 32.1 Å². The molecule has 0 unspecified atom stereocenters. The highest BCUT2D eigenvalue weighted by Crippen LogP contribution is 2.40. The average Bonchev–Trinajstić information content (AvgIpc) is 1.62. The molecule has 12 N–H and O–H groups in total. The molecular formula is C75H99N21O12. The number of aromatic nitrogens is 12. The Labute approximate surface area is 623 Å². The Morgan fingerprint density at radius 2 is 0.676 bits per heavy atom. The standard InChI is InChI=1S/3C25H33N7O4/c3*1-25(36-3)10-8-15(9-11-25)31-12-4-5-18(24(31)35)28-20-13-21(26-2)32-22(30-20)16(14-27-32)23(34)29-17-6-7-19(17)33/h3*4-5,12-15,17,19,26,33H,6-11H2,1-3H3,(H,28,30)(H,29,34)/t3*15?,17-,19+,25?/m100/s1. The molecule has 9 aromatic heterocycles. The quantitative estimate of drug-likeness (QED) is 0.0334. The molecular weight excluding hydrogens is 1390 g/mol. The first-order valence-electron chi connectivity index (χ1n) is 37.2. The van der Waals surface area contributed by atoms with Gasteiger partial charge in [0.05, 0.1) is 71.8 Å². The largest absolute Gasteiger partial charge is 0.391 e. The monoisotopic (exact) mass is 1490 g/mol. The van der Waals surface area contributed by atoms with Gasteiger partial charge in [0.25, 0.3) is 34.4 Å². The Kier molecular flexibility index (Phi) is 22.4. The van der Waals surface area contributed by atoms with E-state index < -0.39 is 18.3 Å². The lowest BCUT2D eigenvalue weighted by atomic mass is 9.83. The normalized spacial score (nSPS) is 25.8. The number of nitrogens with one attached hydrogen (secondary N) is 9. The van der Waals surface area contributed by atoms with Gasteiger partial charge in [-0.15, -0.1) is 0 Å². The number of carbonyl (C=O) groups excluding carboxylic acids is 3. The Balaban J connectivity index is 0.000000143. The van der Waals surface area contributed by atoms with E-state index in [9.17, 15) is 44.1 Å². The molecule has 15 rings (SSSR count). The zero-order valence-corrected chi connectivity index (χ0v) is 62.5. The lowest BCUT2D eigenvalue weighted by molar-refractivity contribution is -0.0326. The molecule has 6 aliphatic carbocycles. The molecule has 108 heavy (non-hydrogen) atoms. The minimum Gasteiger partial charge on any atom is -0.391 e. The third-order valence-electron chi connectivity index (χ3n) is 23.0. The SMILES string of the molecule is CNc1cc(Nc2cccn(C3CCC(C)(OC)CC3)c2=O)nc2c(C(=O)N[C@@H]3CC[C@@H]3O)cnn12.CNc1cc(Nc2cccn(C3CCC(C)(OC)CC3)c2=O)nc2c(C(=O)N[C@H]3CC[C@H]3O)cnn12.CNc1cc(Nc2cccn(C3CCC(C)(OC)CC3)c2=O)nc2c(C(=O)N[C@H]3CC[C@H]3O)cnn12. The van der Waals surface area contributed by atoms with E-state index in [4.69, 9.17) is 14.2 Å². The van der Waals surface area contributed by atoms with Crippen molar-refractivity contribution in [2.24, 2.45) is 0 Å². The number of hydrogen-bond acceptors (Lipinski definition) is 24. The van der Waals surface area contributed by atoms with E-state index in [1.54, 1.807) is 92.6 Å². The molecule has 0 saturated heterocycles. The lowest BCUT2D eigenvalue weighted by Gasteiger charge is -2.36. The average molecular weight is 1490 g/mol. The summed E-state index contributed by atoms with van der Waals surface area (Å²) in [6, 6.07) is 15.5. The third kappa shape index (κ3) is 15.8. The molecule has 9 heterocycles. The Morgan fingerprint density at radius 3 is 0.889 bits per heavy atom. The van der Waals surface area contributed by atoms with E-state index >= 15 is 0 Å². The van der Waals surface area contributed by atoms with E-state index in [-0.39, 0.29) is 87.5 Å². The summed E-state index contributed by atoms with van der Waals surface area (Å²) in [7, 11) is 10.5. The number of anilines is 9. The number of methoxy groups -OCH3 is 3. The van der Waals surface area contributed by atoms with Crippen molar-refractivity contribution >= 4 is 86.6 Å². The Hall–Kier alpha value is -10.3. The number of carbonyl (C=O) groups is 3. The molecule has 6 fully saturated rings. The molecule has 0 spiro atoms. The molecule has 6 saturated carbocycles. The molecule has 0 aromatic carbocycles. The molecule has 6 aliphatic rings. The van der Waals surface area contributed by atoms with Gasteiger partial charge >= 0.3 is 0 Å². The molecule has 33 heteroatoms. The fraction of sp³-hybridized carbons (Fsp3) is 0.520. The van der Waals surface area contributed by atoms with Crippen molar-refractivity contribution in [2.75, 3.05) is 74.4 Å². The van der Waals surface area contributed by atoms with Gasteiger partial charge in [0.1, 0.15) is 68.7 Å². The molecule has 9 aromatic rings. The topological polar surface area (TPSA) is 404 Å². The zero-order valence-electron chi connectivity index (χ0n) is 62.5. The predicted molar refractivity (Wildman–Crippen MR) is 408 cm³/mol. The summed E-state index contributed by atoms with van der Waals surface area (Å²) in [5.41, 5.74) is 2.35. The number of ether oxygens (including phenoxy) is 3. The third-order valence-corrected chi connectivity index (χ3v) is 23.0. The second kappa shape index (κ2) is 31.9. The zero-order chi connectivity index (χ0) is 76.3. The van der Waals surface area contributed by atoms with Gasteiger partial charge in [-0.3, -0.25) is 28.8 Å². The van der Waals surface area contributed by atoms with Crippen molar-refractivity contribution in [1.29, 1.82) is 0 Å². The highest BCUT2D eigenvalue weighted by atomic mass is 16.5. The minimum absolute atomic E-state index is 0.109. The van der Waals surface area contributed by atoms with Gasteiger partial charge in [-0.2, -0.15) is 28.8 Å². The molecule has 3 amide bonds. The number of hydrogen-bond donors (Lipinski definition) is 12. The fourth-order valence-electron chi connectivity index (χ4n) is 15.0. The second-order valence-corrected chi connectivity index (χ2v) is 29.8. The minimum atomic E-state index is -0.526. The number of rotatable bonds is 21. The van der Waals surface area contributed by atoms with Gasteiger partial charge in [-0.25, -0.2) is 15.0 Å². The van der Waals surface area contributed by atoms with Gasteiger partial charge in [0.2, 0.25) is 0 Å². The van der Waals surface area contributed by atoms with Crippen LogP contribution in [0.15, 0.2) is 106 Å². The van der Waals surface area contributed by atoms with Crippen molar-refractivity contribution < 1.29 is 43.9 Å². The maximum atomic E-state index is 13.4. The van der Waals surface area contributed by atoms with Crippen LogP contribution in [-0.4, -0.2) is 186 Å². The van der Waals surface area contributed by atoms with Gasteiger partial charge < -0.3 is 91.1 Å². The van der Waals surface area contributed by atoms with Crippen LogP contribution in [0.1, 0.15) is 186 Å². The van der Waals surface area contributed by atoms with Crippen LogP contribution in [0.2, 0.25) is 0 Å². The van der Waals surface area contributed by atoms with Gasteiger partial charge in [0, 0.05) is 97.4 Å². The van der Waals surface area contributed by atoms with E-state index in [0.717, 1.165) is 96.3 Å². The van der Waals surface area contributed by atoms with E-state index in [1.807, 2.05) is 36.8 Å². The van der Waals surface area contributed by atoms with Crippen molar-refractivity contribution in [1.82, 2.24) is 73.4 Å². The van der Waals surface area contributed by atoms with Gasteiger partial charge in [0.15, 0.2) is 16.9 Å². The van der Waals surface area contributed by atoms with E-state index in [0.29, 0.717) is 105 Å². The van der Waals surface area contributed by atoms with Crippen LogP contribution in [0.3, 0.4) is 0 Å². The van der Waals surface area contributed by atoms with Crippen molar-refractivity contribution in [3.8, 4) is 0 Å². The summed E-state index contributed by atoms with van der Waals surface area (Å²) in [4.78, 5) is 92.5. The van der Waals surface area contributed by atoms with Crippen LogP contribution in [0.5, 0.6) is 0 Å². The number of pyridine rings is 3. The van der Waals surface area contributed by atoms with Crippen molar-refractivity contribution in [2.45, 2.75) is 208 Å². The van der Waals surface area contributed by atoms with Crippen LogP contribution in [0, 0.1) is 0 Å². The summed E-state index contributed by atoms with van der Waals surface area (Å²) >= 11 is 0. The molecule has 0 radical (unpaired) electrons. The number of aliphatic hydroxyl groups excluding tert-OH is 3. The summed E-state index contributed by atoms with van der Waals surface area (Å²) in [6.45, 7) is 6.35. The lowest BCUT2D eigenvalue weighted by Crippen LogP contribution is -2.50. The first-order valence-corrected chi connectivity index (χ1v) is 37.2. The predicted octanol–water partition coefficient (Wildman–Crippen LogP) is 7.35. The van der Waals surface area contributed by atoms with Crippen LogP contribution in [-0.2, 0) is 14.2 Å². The first-order chi connectivity index (χ1) is 51.9. The Bertz CT molecular complexity index is 4460. The van der Waals surface area contributed by atoms with Crippen LogP contribution >= 0.6 is 0 Å². The molecule has 576 valence electrons. The first kappa shape index (κ1) is 75.9. The van der Waals surface area contributed by atoms with Crippen LogP contribution in [0.4, 0.5) is 52.0 Å². The summed E-state index contributed by atoms with van der Waals surface area (Å²) < 4.78 is 26.9. The summed E-state index contributed by atoms with van der Waals surface area (Å²) in [5, 5.41) is 69.6. The number of aliphatic hydroxyl groups is 3. The van der Waals surface area contributed by atoms with Crippen molar-refractivity contribution in [3.05, 3.63) is 140 Å². The molecule has 6 atom stereocenters. The molecule has 0 aliphatic heterocycles. The Morgan fingerprint density at radius 1 is 0.417 bits per heavy atom. The number of fused-ring (bicyclic) bond motifs is 3.